The molecule has 1 aliphatic rings. The minimum Gasteiger partial charge on any atom is -0.310 e. The molecule has 0 amide bonds. The van der Waals surface area contributed by atoms with Gasteiger partial charge in [0, 0.05) is 25.2 Å². The van der Waals surface area contributed by atoms with Crippen LogP contribution in [0.3, 0.4) is 0 Å². The fourth-order valence-corrected chi connectivity index (χ4v) is 3.85. The highest BCUT2D eigenvalue weighted by Gasteiger charge is 2.29. The van der Waals surface area contributed by atoms with Gasteiger partial charge in [-0.25, -0.2) is 13.1 Å². The molecule has 2 rings (SSSR count). The van der Waals surface area contributed by atoms with Crippen molar-refractivity contribution in [2.75, 3.05) is 0 Å². The average Bonchev–Trinajstić information content (AvgIpc) is 2.69. The zero-order chi connectivity index (χ0) is 13.3. The van der Waals surface area contributed by atoms with Crippen LogP contribution in [0.25, 0.3) is 0 Å². The average molecular weight is 272 g/mol. The van der Waals surface area contributed by atoms with Crippen molar-refractivity contribution in [3.63, 3.8) is 0 Å². The maximum absolute atomic E-state index is 12.2. The fourth-order valence-electron chi connectivity index (χ4n) is 2.37. The van der Waals surface area contributed by atoms with Crippen LogP contribution in [0.5, 0.6) is 0 Å². The second-order valence-electron chi connectivity index (χ2n) is 4.95. The molecule has 3 atom stereocenters. The lowest BCUT2D eigenvalue weighted by Crippen LogP contribution is -2.54. The van der Waals surface area contributed by atoms with Crippen LogP contribution in [0.2, 0.25) is 0 Å². The van der Waals surface area contributed by atoms with Gasteiger partial charge >= 0.3 is 0 Å². The van der Waals surface area contributed by atoms with Crippen molar-refractivity contribution in [3.05, 3.63) is 12.3 Å². The Balaban J connectivity index is 2.12. The summed E-state index contributed by atoms with van der Waals surface area (Å²) in [7, 11) is -1.86. The monoisotopic (exact) mass is 272 g/mol. The highest BCUT2D eigenvalue weighted by molar-refractivity contribution is 7.89. The normalized spacial score (nSPS) is 29.4. The molecule has 18 heavy (non-hydrogen) atoms. The van der Waals surface area contributed by atoms with Crippen LogP contribution < -0.4 is 10.0 Å². The third-order valence-electron chi connectivity index (χ3n) is 3.42. The van der Waals surface area contributed by atoms with E-state index < -0.39 is 10.0 Å². The summed E-state index contributed by atoms with van der Waals surface area (Å²) in [5.41, 5.74) is 0. The van der Waals surface area contributed by atoms with Crippen molar-refractivity contribution in [2.45, 2.75) is 49.8 Å². The van der Waals surface area contributed by atoms with Gasteiger partial charge in [0.05, 0.1) is 6.20 Å². The van der Waals surface area contributed by atoms with E-state index in [4.69, 9.17) is 0 Å². The first kappa shape index (κ1) is 13.5. The van der Waals surface area contributed by atoms with E-state index in [0.717, 1.165) is 12.8 Å². The summed E-state index contributed by atoms with van der Waals surface area (Å²) < 4.78 is 28.5. The zero-order valence-corrected chi connectivity index (χ0v) is 11.7. The molecule has 1 saturated heterocycles. The minimum absolute atomic E-state index is 0.0684. The second kappa shape index (κ2) is 4.99. The summed E-state index contributed by atoms with van der Waals surface area (Å²) in [5, 5.41) is 7.45. The Morgan fingerprint density at radius 2 is 2.17 bits per heavy atom. The molecule has 0 aromatic carbocycles. The molecule has 1 fully saturated rings. The summed E-state index contributed by atoms with van der Waals surface area (Å²) in [5.74, 6) is 0. The molecule has 7 heteroatoms. The number of nitrogens with zero attached hydrogens (tertiary/aromatic N) is 2. The van der Waals surface area contributed by atoms with Crippen LogP contribution >= 0.6 is 0 Å². The van der Waals surface area contributed by atoms with Gasteiger partial charge in [-0.3, -0.25) is 4.68 Å². The van der Waals surface area contributed by atoms with E-state index in [1.54, 1.807) is 7.05 Å². The van der Waals surface area contributed by atoms with Gasteiger partial charge in [-0.1, -0.05) is 0 Å². The van der Waals surface area contributed by atoms with E-state index in [2.05, 4.69) is 22.1 Å². The van der Waals surface area contributed by atoms with Crippen LogP contribution in [-0.4, -0.2) is 36.3 Å². The predicted molar refractivity (Wildman–Crippen MR) is 68.6 cm³/mol. The van der Waals surface area contributed by atoms with Gasteiger partial charge in [0.2, 0.25) is 0 Å². The number of hydrogen-bond acceptors (Lipinski definition) is 4. The Labute approximate surface area is 108 Å². The molecule has 0 radical (unpaired) electrons. The first-order valence-electron chi connectivity index (χ1n) is 6.16. The summed E-state index contributed by atoms with van der Waals surface area (Å²) in [6.07, 6.45) is 3.31. The van der Waals surface area contributed by atoms with Gasteiger partial charge in [-0.15, -0.1) is 0 Å². The Kier molecular flexibility index (Phi) is 3.74. The Morgan fingerprint density at radius 3 is 2.72 bits per heavy atom. The molecule has 0 spiro atoms. The highest BCUT2D eigenvalue weighted by Crippen LogP contribution is 2.16. The third-order valence-corrected chi connectivity index (χ3v) is 4.98. The molecule has 0 aliphatic carbocycles. The number of piperidine rings is 1. The van der Waals surface area contributed by atoms with Crippen molar-refractivity contribution in [1.29, 1.82) is 0 Å². The van der Waals surface area contributed by atoms with Crippen molar-refractivity contribution >= 4 is 10.0 Å². The second-order valence-corrected chi connectivity index (χ2v) is 6.62. The SMILES string of the molecule is CC1CCC(NS(=O)(=O)c2ccnn2C)C(C)N1. The zero-order valence-electron chi connectivity index (χ0n) is 10.9. The van der Waals surface area contributed by atoms with Crippen LogP contribution in [-0.2, 0) is 17.1 Å². The Bertz CT molecular complexity index is 511. The third kappa shape index (κ3) is 2.73. The molecule has 1 aromatic heterocycles. The van der Waals surface area contributed by atoms with Crippen LogP contribution in [0.15, 0.2) is 17.3 Å². The van der Waals surface area contributed by atoms with E-state index in [0.29, 0.717) is 6.04 Å². The minimum atomic E-state index is -3.49. The van der Waals surface area contributed by atoms with Crippen LogP contribution in [0, 0.1) is 0 Å². The standard InChI is InChI=1S/C11H20N4O2S/c1-8-4-5-10(9(2)13-8)14-18(16,17)11-6-7-12-15(11)3/h6-10,13-14H,4-5H2,1-3H3. The van der Waals surface area contributed by atoms with E-state index in [1.807, 2.05) is 6.92 Å². The van der Waals surface area contributed by atoms with Gasteiger partial charge < -0.3 is 5.32 Å². The first-order chi connectivity index (χ1) is 8.40. The molecule has 6 nitrogen and oxygen atoms in total. The topological polar surface area (TPSA) is 76.0 Å². The van der Waals surface area contributed by atoms with E-state index in [-0.39, 0.29) is 17.1 Å². The molecule has 2 N–H and O–H groups in total. The smallest absolute Gasteiger partial charge is 0.258 e. The molecule has 102 valence electrons. The lowest BCUT2D eigenvalue weighted by Gasteiger charge is -2.34. The van der Waals surface area contributed by atoms with Gasteiger partial charge in [0.25, 0.3) is 10.0 Å². The summed E-state index contributed by atoms with van der Waals surface area (Å²) in [4.78, 5) is 0. The van der Waals surface area contributed by atoms with Crippen molar-refractivity contribution in [1.82, 2.24) is 19.8 Å². The number of aryl methyl sites for hydroxylation is 1. The molecule has 3 unspecified atom stereocenters. The molecule has 1 aliphatic heterocycles. The van der Waals surface area contributed by atoms with E-state index in [9.17, 15) is 8.42 Å². The molecule has 0 bridgehead atoms. The summed E-state index contributed by atoms with van der Waals surface area (Å²) in [6, 6.07) is 2.02. The number of aromatic nitrogens is 2. The quantitative estimate of drug-likeness (QED) is 0.826. The maximum Gasteiger partial charge on any atom is 0.258 e. The first-order valence-corrected chi connectivity index (χ1v) is 7.65. The lowest BCUT2D eigenvalue weighted by molar-refractivity contribution is 0.296. The van der Waals surface area contributed by atoms with Gasteiger partial charge in [0.1, 0.15) is 0 Å². The van der Waals surface area contributed by atoms with Crippen molar-refractivity contribution in [2.24, 2.45) is 7.05 Å². The number of hydrogen-bond donors (Lipinski definition) is 2. The van der Waals surface area contributed by atoms with Crippen LogP contribution in [0.4, 0.5) is 0 Å². The number of nitrogens with one attached hydrogen (secondary N) is 2. The number of rotatable bonds is 3. The molecule has 0 saturated carbocycles. The van der Waals surface area contributed by atoms with E-state index >= 15 is 0 Å². The lowest BCUT2D eigenvalue weighted by atomic mass is 9.96. The Hall–Kier alpha value is -0.920. The number of sulfonamides is 1. The Morgan fingerprint density at radius 1 is 1.44 bits per heavy atom. The molecular weight excluding hydrogens is 252 g/mol. The highest BCUT2D eigenvalue weighted by atomic mass is 32.2. The molecule has 1 aromatic rings. The molecular formula is C11H20N4O2S. The van der Waals surface area contributed by atoms with Gasteiger partial charge in [-0.2, -0.15) is 5.10 Å². The van der Waals surface area contributed by atoms with Gasteiger partial charge in [-0.05, 0) is 32.8 Å². The van der Waals surface area contributed by atoms with E-state index in [1.165, 1.54) is 16.9 Å². The predicted octanol–water partition coefficient (Wildman–Crippen LogP) is 0.227. The summed E-state index contributed by atoms with van der Waals surface area (Å²) in [6.45, 7) is 4.12. The summed E-state index contributed by atoms with van der Waals surface area (Å²) >= 11 is 0. The van der Waals surface area contributed by atoms with Gasteiger partial charge in [0.15, 0.2) is 5.03 Å². The van der Waals surface area contributed by atoms with Crippen molar-refractivity contribution in [3.8, 4) is 0 Å². The largest absolute Gasteiger partial charge is 0.310 e. The van der Waals surface area contributed by atoms with Crippen molar-refractivity contribution < 1.29 is 8.42 Å². The fraction of sp³-hybridized carbons (Fsp3) is 0.727. The maximum atomic E-state index is 12.2. The van der Waals surface area contributed by atoms with Crippen LogP contribution in [0.1, 0.15) is 26.7 Å². The molecule has 2 heterocycles.